The molecule has 8 heteroatoms. The minimum Gasteiger partial charge on any atom is -0.494 e. The third-order valence-electron chi connectivity index (χ3n) is 5.02. The first-order valence-corrected chi connectivity index (χ1v) is 12.2. The Hall–Kier alpha value is -1.95. The number of halogens is 3. The van der Waals surface area contributed by atoms with E-state index in [9.17, 15) is 9.59 Å². The van der Waals surface area contributed by atoms with Gasteiger partial charge >= 0.3 is 0 Å². The number of hydrogen-bond acceptors (Lipinski definition) is 3. The van der Waals surface area contributed by atoms with E-state index in [4.69, 9.17) is 39.5 Å². The van der Waals surface area contributed by atoms with Crippen molar-refractivity contribution in [3.05, 3.63) is 63.1 Å². The molecule has 0 aliphatic rings. The zero-order valence-corrected chi connectivity index (χ0v) is 21.5. The molecule has 0 fully saturated rings. The third kappa shape index (κ3) is 9.07. The molecule has 2 amide bonds. The van der Waals surface area contributed by atoms with Gasteiger partial charge < -0.3 is 15.0 Å². The fraction of sp³-hybridized carbons (Fsp3) is 0.440. The Morgan fingerprint density at radius 1 is 1.03 bits per heavy atom. The molecule has 180 valence electrons. The van der Waals surface area contributed by atoms with Crippen LogP contribution in [0.25, 0.3) is 0 Å². The molecule has 0 aliphatic heterocycles. The molecule has 0 aromatic heterocycles. The lowest BCUT2D eigenvalue weighted by Gasteiger charge is -2.31. The molecule has 0 bridgehead atoms. The minimum absolute atomic E-state index is 0.118. The fourth-order valence-electron chi connectivity index (χ4n) is 3.26. The van der Waals surface area contributed by atoms with E-state index in [0.717, 1.165) is 5.56 Å². The number of carbonyl (C=O) groups excluding carboxylic acids is 2. The van der Waals surface area contributed by atoms with Crippen LogP contribution in [0.2, 0.25) is 15.1 Å². The van der Waals surface area contributed by atoms with Gasteiger partial charge in [0.05, 0.1) is 16.7 Å². The van der Waals surface area contributed by atoms with Crippen molar-refractivity contribution in [1.29, 1.82) is 0 Å². The van der Waals surface area contributed by atoms with Crippen LogP contribution in [0.1, 0.15) is 45.6 Å². The summed E-state index contributed by atoms with van der Waals surface area (Å²) in [5, 5.41) is 4.44. The highest BCUT2D eigenvalue weighted by Crippen LogP contribution is 2.24. The highest BCUT2D eigenvalue weighted by molar-refractivity contribution is 6.42. The molecule has 0 aliphatic carbocycles. The zero-order chi connectivity index (χ0) is 24.4. The number of benzene rings is 2. The highest BCUT2D eigenvalue weighted by Gasteiger charge is 2.28. The third-order valence-corrected chi connectivity index (χ3v) is 6.02. The van der Waals surface area contributed by atoms with Gasteiger partial charge in [0.2, 0.25) is 11.8 Å². The molecule has 33 heavy (non-hydrogen) atoms. The van der Waals surface area contributed by atoms with Crippen LogP contribution in [0, 0.1) is 5.92 Å². The first-order valence-electron chi connectivity index (χ1n) is 11.1. The van der Waals surface area contributed by atoms with Crippen molar-refractivity contribution in [2.45, 2.75) is 52.6 Å². The summed E-state index contributed by atoms with van der Waals surface area (Å²) in [4.78, 5) is 27.7. The van der Waals surface area contributed by atoms with Crippen molar-refractivity contribution in [2.24, 2.45) is 5.92 Å². The fourth-order valence-corrected chi connectivity index (χ4v) is 3.71. The van der Waals surface area contributed by atoms with Crippen LogP contribution in [0.5, 0.6) is 5.75 Å². The van der Waals surface area contributed by atoms with Gasteiger partial charge in [0.1, 0.15) is 11.8 Å². The molecule has 1 atom stereocenters. The number of nitrogens with one attached hydrogen (secondary N) is 1. The van der Waals surface area contributed by atoms with Gasteiger partial charge in [-0.3, -0.25) is 9.59 Å². The Labute approximate surface area is 211 Å². The molecule has 5 nitrogen and oxygen atoms in total. The van der Waals surface area contributed by atoms with E-state index in [1.54, 1.807) is 41.3 Å². The second kappa shape index (κ2) is 13.7. The van der Waals surface area contributed by atoms with Crippen molar-refractivity contribution < 1.29 is 14.3 Å². The second-order valence-electron chi connectivity index (χ2n) is 8.24. The zero-order valence-electron chi connectivity index (χ0n) is 19.2. The summed E-state index contributed by atoms with van der Waals surface area (Å²) in [7, 11) is 0. The maximum atomic E-state index is 13.2. The summed E-state index contributed by atoms with van der Waals surface area (Å²) < 4.78 is 5.70. The van der Waals surface area contributed by atoms with Gasteiger partial charge in [-0.15, -0.1) is 0 Å². The smallest absolute Gasteiger partial charge is 0.242 e. The van der Waals surface area contributed by atoms with Crippen LogP contribution in [0.4, 0.5) is 0 Å². The van der Waals surface area contributed by atoms with E-state index in [1.807, 2.05) is 26.8 Å². The lowest BCUT2D eigenvalue weighted by molar-refractivity contribution is -0.141. The number of rotatable bonds is 12. The van der Waals surface area contributed by atoms with E-state index in [-0.39, 0.29) is 24.8 Å². The van der Waals surface area contributed by atoms with Crippen LogP contribution in [-0.4, -0.2) is 35.9 Å². The summed E-state index contributed by atoms with van der Waals surface area (Å²) in [6.07, 6.45) is 1.27. The van der Waals surface area contributed by atoms with Crippen molar-refractivity contribution >= 4 is 46.6 Å². The first kappa shape index (κ1) is 27.3. The summed E-state index contributed by atoms with van der Waals surface area (Å²) >= 11 is 18.1. The van der Waals surface area contributed by atoms with Crippen molar-refractivity contribution in [1.82, 2.24) is 10.2 Å². The Morgan fingerprint density at radius 2 is 1.73 bits per heavy atom. The molecule has 2 rings (SSSR count). The number of amides is 2. The first-order chi connectivity index (χ1) is 15.7. The van der Waals surface area contributed by atoms with E-state index in [0.29, 0.717) is 52.7 Å². The lowest BCUT2D eigenvalue weighted by atomic mass is 10.1. The molecule has 0 radical (unpaired) electrons. The maximum Gasteiger partial charge on any atom is 0.242 e. The Morgan fingerprint density at radius 3 is 2.33 bits per heavy atom. The summed E-state index contributed by atoms with van der Waals surface area (Å²) in [6, 6.07) is 11.7. The molecule has 0 saturated carbocycles. The topological polar surface area (TPSA) is 58.6 Å². The molecule has 2 aromatic carbocycles. The van der Waals surface area contributed by atoms with Crippen LogP contribution in [-0.2, 0) is 16.1 Å². The molecule has 2 aromatic rings. The number of nitrogens with zero attached hydrogens (tertiary/aromatic N) is 1. The minimum atomic E-state index is -0.581. The average molecular weight is 514 g/mol. The van der Waals surface area contributed by atoms with Gasteiger partial charge in [-0.2, -0.15) is 0 Å². The van der Waals surface area contributed by atoms with Gasteiger partial charge in [-0.05, 0) is 60.7 Å². The second-order valence-corrected chi connectivity index (χ2v) is 9.49. The van der Waals surface area contributed by atoms with Crippen LogP contribution in [0.3, 0.4) is 0 Å². The van der Waals surface area contributed by atoms with Crippen LogP contribution < -0.4 is 10.1 Å². The van der Waals surface area contributed by atoms with Gasteiger partial charge in [0, 0.05) is 24.5 Å². The average Bonchev–Trinajstić information content (AvgIpc) is 2.78. The van der Waals surface area contributed by atoms with Crippen molar-refractivity contribution in [3.8, 4) is 5.75 Å². The molecule has 1 N–H and O–H groups in total. The molecular weight excluding hydrogens is 483 g/mol. The van der Waals surface area contributed by atoms with E-state index in [1.165, 1.54) is 0 Å². The Bertz CT molecular complexity index is 920. The molecule has 0 saturated heterocycles. The quantitative estimate of drug-likeness (QED) is 0.335. The predicted molar refractivity (Wildman–Crippen MR) is 135 cm³/mol. The SMILES string of the molecule is CC[C@@H](C(=O)NCC(C)C)N(Cc1ccc(Cl)c(Cl)c1)C(=O)CCCOc1ccc(Cl)cc1. The standard InChI is InChI=1S/C25H31Cl3N2O3/c1-4-23(25(32)29-15-17(2)3)30(16-18-7-12-21(27)22(28)14-18)24(31)6-5-13-33-20-10-8-19(26)9-11-20/h7-12,14,17,23H,4-6,13,15-16H2,1-3H3,(H,29,32)/t23-/m0/s1. The summed E-state index contributed by atoms with van der Waals surface area (Å²) in [5.74, 6) is 0.735. The molecule has 0 heterocycles. The predicted octanol–water partition coefficient (Wildman–Crippen LogP) is 6.39. The van der Waals surface area contributed by atoms with Gasteiger partial charge in [-0.1, -0.05) is 61.6 Å². The van der Waals surface area contributed by atoms with E-state index < -0.39 is 6.04 Å². The van der Waals surface area contributed by atoms with Crippen molar-refractivity contribution in [2.75, 3.05) is 13.2 Å². The lowest BCUT2D eigenvalue weighted by Crippen LogP contribution is -2.49. The van der Waals surface area contributed by atoms with Gasteiger partial charge in [-0.25, -0.2) is 0 Å². The Balaban J connectivity index is 2.08. The van der Waals surface area contributed by atoms with Crippen molar-refractivity contribution in [3.63, 3.8) is 0 Å². The Kier molecular flexibility index (Phi) is 11.3. The number of ether oxygens (including phenoxy) is 1. The molecule has 0 unspecified atom stereocenters. The normalized spacial score (nSPS) is 11.8. The number of hydrogen-bond donors (Lipinski definition) is 1. The van der Waals surface area contributed by atoms with Crippen LogP contribution >= 0.6 is 34.8 Å². The largest absolute Gasteiger partial charge is 0.494 e. The molecular formula is C25H31Cl3N2O3. The summed E-state index contributed by atoms with van der Waals surface area (Å²) in [6.45, 7) is 7.16. The summed E-state index contributed by atoms with van der Waals surface area (Å²) in [5.41, 5.74) is 0.810. The highest BCUT2D eigenvalue weighted by atomic mass is 35.5. The molecule has 0 spiro atoms. The van der Waals surface area contributed by atoms with Gasteiger partial charge in [0.15, 0.2) is 0 Å². The van der Waals surface area contributed by atoms with E-state index >= 15 is 0 Å². The monoisotopic (exact) mass is 512 g/mol. The van der Waals surface area contributed by atoms with Gasteiger partial charge in [0.25, 0.3) is 0 Å². The number of carbonyl (C=O) groups is 2. The van der Waals surface area contributed by atoms with Crippen LogP contribution in [0.15, 0.2) is 42.5 Å². The van der Waals surface area contributed by atoms with E-state index in [2.05, 4.69) is 5.32 Å². The maximum absolute atomic E-state index is 13.2.